The second-order valence-electron chi connectivity index (χ2n) is 6.81. The van der Waals surface area contributed by atoms with Crippen LogP contribution in [0.1, 0.15) is 17.5 Å². The molecule has 1 fully saturated rings. The Bertz CT molecular complexity index is 1190. The Morgan fingerprint density at radius 1 is 1.10 bits per heavy atom. The van der Waals surface area contributed by atoms with Gasteiger partial charge in [0.2, 0.25) is 5.91 Å². The predicted octanol–water partition coefficient (Wildman–Crippen LogP) is 3.82. The Morgan fingerprint density at radius 3 is 2.74 bits per heavy atom. The van der Waals surface area contributed by atoms with Gasteiger partial charge in [-0.15, -0.1) is 5.10 Å². The van der Waals surface area contributed by atoms with Crippen molar-refractivity contribution in [2.75, 3.05) is 0 Å². The van der Waals surface area contributed by atoms with E-state index in [4.69, 9.17) is 9.84 Å². The van der Waals surface area contributed by atoms with Gasteiger partial charge in [-0.1, -0.05) is 66.4 Å². The highest BCUT2D eigenvalue weighted by atomic mass is 32.2. The van der Waals surface area contributed by atoms with Crippen LogP contribution in [0.25, 0.3) is 10.8 Å². The van der Waals surface area contributed by atoms with E-state index >= 15 is 0 Å². The third-order valence-electron chi connectivity index (χ3n) is 4.66. The van der Waals surface area contributed by atoms with Crippen LogP contribution in [-0.4, -0.2) is 33.6 Å². The number of hydrogen-bond acceptors (Lipinski definition) is 6. The molecule has 0 radical (unpaired) electrons. The number of rotatable bonds is 7. The molecule has 8 heteroatoms. The summed E-state index contributed by atoms with van der Waals surface area (Å²) in [4.78, 5) is 22.6. The lowest BCUT2D eigenvalue weighted by Crippen LogP contribution is -2.26. The van der Waals surface area contributed by atoms with Crippen LogP contribution in [0.15, 0.2) is 76.9 Å². The molecule has 1 heterocycles. The normalized spacial score (nSPS) is 17.4. The zero-order valence-corrected chi connectivity index (χ0v) is 17.2. The second kappa shape index (κ2) is 9.44. The Labute approximate surface area is 182 Å². The van der Waals surface area contributed by atoms with Gasteiger partial charge < -0.3 is 15.2 Å². The summed E-state index contributed by atoms with van der Waals surface area (Å²) in [6.07, 6.45) is 1.28. The van der Waals surface area contributed by atoms with Gasteiger partial charge in [-0.05, 0) is 28.5 Å². The molecule has 31 heavy (non-hydrogen) atoms. The van der Waals surface area contributed by atoms with Crippen molar-refractivity contribution in [3.05, 3.63) is 77.9 Å². The average molecular weight is 433 g/mol. The van der Waals surface area contributed by atoms with Crippen LogP contribution in [-0.2, 0) is 16.2 Å². The number of carboxylic acids is 1. The van der Waals surface area contributed by atoms with Crippen LogP contribution in [0.3, 0.4) is 0 Å². The first kappa shape index (κ1) is 20.6. The fraction of sp³-hybridized carbons (Fsp3) is 0.130. The monoisotopic (exact) mass is 433 g/mol. The van der Waals surface area contributed by atoms with E-state index in [1.807, 2.05) is 48.5 Å². The zero-order valence-electron chi connectivity index (χ0n) is 16.4. The summed E-state index contributed by atoms with van der Waals surface area (Å²) in [6.45, 7) is 0.406. The van der Waals surface area contributed by atoms with E-state index < -0.39 is 11.2 Å². The van der Waals surface area contributed by atoms with Crippen molar-refractivity contribution in [3.8, 4) is 5.75 Å². The summed E-state index contributed by atoms with van der Waals surface area (Å²) in [5.74, 6) is -0.749. The first-order valence-electron chi connectivity index (χ1n) is 9.59. The highest BCUT2D eigenvalue weighted by Crippen LogP contribution is 2.24. The van der Waals surface area contributed by atoms with Crippen molar-refractivity contribution in [3.63, 3.8) is 0 Å². The van der Waals surface area contributed by atoms with Gasteiger partial charge in [-0.2, -0.15) is 5.10 Å². The van der Waals surface area contributed by atoms with Crippen LogP contribution in [0, 0.1) is 0 Å². The number of hydrogen-bond donors (Lipinski definition) is 2. The van der Waals surface area contributed by atoms with Crippen LogP contribution in [0.2, 0.25) is 0 Å². The molecule has 4 rings (SSSR count). The smallest absolute Gasteiger partial charge is 0.305 e. The van der Waals surface area contributed by atoms with E-state index in [0.717, 1.165) is 33.7 Å². The van der Waals surface area contributed by atoms with E-state index in [1.54, 1.807) is 6.21 Å². The molecule has 1 aliphatic rings. The largest absolute Gasteiger partial charge is 0.488 e. The van der Waals surface area contributed by atoms with E-state index in [-0.39, 0.29) is 17.5 Å². The number of amides is 1. The lowest BCUT2D eigenvalue weighted by molar-refractivity contribution is -0.138. The lowest BCUT2D eigenvalue weighted by atomic mass is 10.1. The lowest BCUT2D eigenvalue weighted by Gasteiger charge is -2.11. The molecule has 2 N–H and O–H groups in total. The summed E-state index contributed by atoms with van der Waals surface area (Å²) >= 11 is 1.06. The summed E-state index contributed by atoms with van der Waals surface area (Å²) < 4.78 is 6.05. The maximum atomic E-state index is 11.8. The number of nitrogens with one attached hydrogen (secondary N) is 1. The van der Waals surface area contributed by atoms with Crippen molar-refractivity contribution < 1.29 is 19.4 Å². The quantitative estimate of drug-likeness (QED) is 0.436. The molecule has 1 aliphatic heterocycles. The highest BCUT2D eigenvalue weighted by Gasteiger charge is 2.32. The number of aliphatic carboxylic acids is 1. The van der Waals surface area contributed by atoms with Gasteiger partial charge in [0.1, 0.15) is 17.6 Å². The highest BCUT2D eigenvalue weighted by molar-refractivity contribution is 8.15. The number of nitrogens with zero attached hydrogens (tertiary/aromatic N) is 2. The molecule has 0 unspecified atom stereocenters. The van der Waals surface area contributed by atoms with Crippen LogP contribution < -0.4 is 10.1 Å². The third-order valence-corrected chi connectivity index (χ3v) is 5.74. The fourth-order valence-electron chi connectivity index (χ4n) is 3.18. The number of carbonyl (C=O) groups excluding carboxylic acids is 1. The summed E-state index contributed by atoms with van der Waals surface area (Å²) in [5.41, 5.74) is 1.82. The maximum absolute atomic E-state index is 11.8. The Hall–Kier alpha value is -3.65. The van der Waals surface area contributed by atoms with E-state index in [9.17, 15) is 9.59 Å². The number of carboxylic acid groups (broad SMARTS) is 1. The molecule has 1 saturated heterocycles. The van der Waals surface area contributed by atoms with Crippen molar-refractivity contribution in [1.82, 2.24) is 5.32 Å². The predicted molar refractivity (Wildman–Crippen MR) is 122 cm³/mol. The van der Waals surface area contributed by atoms with Gasteiger partial charge in [-0.3, -0.25) is 9.59 Å². The summed E-state index contributed by atoms with van der Waals surface area (Å²) in [6, 6.07) is 21.7. The van der Waals surface area contributed by atoms with Crippen LogP contribution >= 0.6 is 11.8 Å². The number of para-hydroxylation sites is 1. The minimum absolute atomic E-state index is 0.260. The van der Waals surface area contributed by atoms with Gasteiger partial charge in [0.15, 0.2) is 5.17 Å². The molecule has 1 amide bonds. The van der Waals surface area contributed by atoms with Gasteiger partial charge in [0, 0.05) is 5.56 Å². The number of ether oxygens (including phenoxy) is 1. The molecule has 0 saturated carbocycles. The Balaban J connectivity index is 1.45. The fourth-order valence-corrected chi connectivity index (χ4v) is 4.10. The molecule has 156 valence electrons. The molecule has 0 aliphatic carbocycles. The number of fused-ring (bicyclic) bond motifs is 1. The number of benzene rings is 3. The molecule has 0 bridgehead atoms. The molecular weight excluding hydrogens is 414 g/mol. The van der Waals surface area contributed by atoms with E-state index in [1.165, 1.54) is 0 Å². The molecule has 0 spiro atoms. The molecule has 0 aromatic heterocycles. The first-order valence-corrected chi connectivity index (χ1v) is 10.5. The third kappa shape index (κ3) is 5.10. The molecule has 1 atom stereocenters. The van der Waals surface area contributed by atoms with Crippen LogP contribution in [0.5, 0.6) is 5.75 Å². The van der Waals surface area contributed by atoms with E-state index in [0.29, 0.717) is 12.4 Å². The van der Waals surface area contributed by atoms with Crippen LogP contribution in [0.4, 0.5) is 0 Å². The zero-order chi connectivity index (χ0) is 21.6. The topological polar surface area (TPSA) is 100 Å². The summed E-state index contributed by atoms with van der Waals surface area (Å²) in [5, 5.41) is 21.3. The second-order valence-corrected chi connectivity index (χ2v) is 8.00. The molecular formula is C23H19N3O4S. The number of amidine groups is 1. The van der Waals surface area contributed by atoms with E-state index in [2.05, 4.69) is 33.7 Å². The van der Waals surface area contributed by atoms with Gasteiger partial charge in [-0.25, -0.2) is 0 Å². The number of carbonyl (C=O) groups is 2. The van der Waals surface area contributed by atoms with Crippen molar-refractivity contribution in [1.29, 1.82) is 0 Å². The molecule has 3 aromatic rings. The van der Waals surface area contributed by atoms with Gasteiger partial charge in [0.25, 0.3) is 0 Å². The SMILES string of the molecule is O=C(O)C[C@@H]1S/C(=N\N=C/c2ccccc2OCc2cccc3ccccc23)NC1=O. The minimum Gasteiger partial charge on any atom is -0.488 e. The summed E-state index contributed by atoms with van der Waals surface area (Å²) in [7, 11) is 0. The first-order chi connectivity index (χ1) is 15.1. The molecule has 3 aromatic carbocycles. The Kier molecular flexibility index (Phi) is 6.28. The van der Waals surface area contributed by atoms with Gasteiger partial charge >= 0.3 is 5.97 Å². The number of thioether (sulfide) groups is 1. The van der Waals surface area contributed by atoms with Crippen molar-refractivity contribution in [2.24, 2.45) is 10.2 Å². The van der Waals surface area contributed by atoms with Crippen molar-refractivity contribution in [2.45, 2.75) is 18.3 Å². The average Bonchev–Trinajstić information content (AvgIpc) is 3.11. The standard InChI is InChI=1S/C23H19N3O4S/c27-21(28)12-20-22(29)25-23(31-20)26-24-13-16-7-2-4-11-19(16)30-14-17-9-5-8-15-6-1-3-10-18(15)17/h1-11,13,20H,12,14H2,(H,27,28)(H,25,26,29)/b24-13-/t20-/m0/s1. The maximum Gasteiger partial charge on any atom is 0.305 e. The minimum atomic E-state index is -1.03. The van der Waals surface area contributed by atoms with Gasteiger partial charge in [0.05, 0.1) is 12.6 Å². The van der Waals surface area contributed by atoms with Crippen molar-refractivity contribution >= 4 is 45.8 Å². The Morgan fingerprint density at radius 2 is 1.87 bits per heavy atom. The molecule has 7 nitrogen and oxygen atoms in total.